The summed E-state index contributed by atoms with van der Waals surface area (Å²) in [7, 11) is -3.71. The van der Waals surface area contributed by atoms with Gasteiger partial charge in [-0.15, -0.1) is 0 Å². The van der Waals surface area contributed by atoms with E-state index in [1.807, 2.05) is 0 Å². The molecule has 6 nitrogen and oxygen atoms in total. The van der Waals surface area contributed by atoms with E-state index in [9.17, 15) is 35.2 Å². The number of alkyl halides is 3. The first-order valence-corrected chi connectivity index (χ1v) is 11.2. The molecule has 1 aliphatic rings. The van der Waals surface area contributed by atoms with Crippen LogP contribution in [0.4, 0.5) is 27.6 Å². The molecule has 2 heterocycles. The van der Waals surface area contributed by atoms with E-state index in [1.54, 1.807) is 0 Å². The third-order valence-electron chi connectivity index (χ3n) is 5.64. The summed E-state index contributed by atoms with van der Waals surface area (Å²) in [6.45, 7) is 1.99. The lowest BCUT2D eigenvalue weighted by Crippen LogP contribution is -2.47. The van der Waals surface area contributed by atoms with Crippen molar-refractivity contribution in [3.8, 4) is 0 Å². The Balaban J connectivity index is 2.01. The molecule has 4 atom stereocenters. The highest BCUT2D eigenvalue weighted by Gasteiger charge is 2.65. The van der Waals surface area contributed by atoms with Crippen molar-refractivity contribution < 1.29 is 39.9 Å². The largest absolute Gasteiger partial charge is 0.417 e. The number of pyridine rings is 1. The third-order valence-corrected chi connectivity index (χ3v) is 6.62. The maximum Gasteiger partial charge on any atom is 0.417 e. The van der Waals surface area contributed by atoms with Crippen molar-refractivity contribution in [2.24, 2.45) is 5.92 Å². The van der Waals surface area contributed by atoms with Crippen LogP contribution in [0.5, 0.6) is 0 Å². The molecule has 1 fully saturated rings. The lowest BCUT2D eigenvalue weighted by atomic mass is 9.77. The maximum atomic E-state index is 13.8. The van der Waals surface area contributed by atoms with E-state index in [4.69, 9.17) is 4.74 Å². The Labute approximate surface area is 180 Å². The van der Waals surface area contributed by atoms with Gasteiger partial charge >= 0.3 is 6.18 Å². The van der Waals surface area contributed by atoms with Crippen LogP contribution in [0.15, 0.2) is 41.6 Å². The number of rotatable bonds is 4. The van der Waals surface area contributed by atoms with Crippen molar-refractivity contribution in [3.05, 3.63) is 53.7 Å². The molecule has 4 unspecified atom stereocenters. The predicted molar refractivity (Wildman–Crippen MR) is 104 cm³/mol. The van der Waals surface area contributed by atoms with Gasteiger partial charge in [-0.2, -0.15) is 13.2 Å². The zero-order valence-corrected chi connectivity index (χ0v) is 17.9. The van der Waals surface area contributed by atoms with Gasteiger partial charge in [-0.3, -0.25) is 4.79 Å². The number of aromatic nitrogens is 1. The quantitative estimate of drug-likeness (QED) is 0.675. The average Bonchev–Trinajstić information content (AvgIpc) is 2.96. The third kappa shape index (κ3) is 4.33. The number of sulfone groups is 1. The van der Waals surface area contributed by atoms with Crippen LogP contribution in [-0.2, 0) is 19.4 Å². The average molecular weight is 478 g/mol. The van der Waals surface area contributed by atoms with Gasteiger partial charge in [0.05, 0.1) is 0 Å². The Morgan fingerprint density at radius 3 is 2.38 bits per heavy atom. The van der Waals surface area contributed by atoms with E-state index < -0.39 is 57.1 Å². The first-order chi connectivity index (χ1) is 14.6. The first-order valence-electron chi connectivity index (χ1n) is 9.31. The molecular weight excluding hydrogens is 459 g/mol. The fourth-order valence-corrected chi connectivity index (χ4v) is 4.27. The minimum atomic E-state index is -4.86. The summed E-state index contributed by atoms with van der Waals surface area (Å²) in [4.78, 5) is 16.6. The number of hydrogen-bond donors (Lipinski definition) is 1. The van der Waals surface area contributed by atoms with Crippen molar-refractivity contribution >= 4 is 21.4 Å². The van der Waals surface area contributed by atoms with E-state index in [1.165, 1.54) is 13.0 Å². The Bertz CT molecular complexity index is 1150. The van der Waals surface area contributed by atoms with Crippen molar-refractivity contribution in [1.82, 2.24) is 4.98 Å². The number of hydrogen-bond acceptors (Lipinski definition) is 5. The number of halogens is 5. The van der Waals surface area contributed by atoms with Crippen LogP contribution in [0.25, 0.3) is 0 Å². The molecule has 1 N–H and O–H groups in total. The molecule has 1 aliphatic heterocycles. The molecule has 3 rings (SSSR count). The highest BCUT2D eigenvalue weighted by atomic mass is 32.2. The lowest BCUT2D eigenvalue weighted by Gasteiger charge is -2.31. The second-order valence-electron chi connectivity index (χ2n) is 7.78. The standard InChI is InChI=1S/C20H19F5N2O4S/c1-10-16(11-4-5-13(21)14(22)8-11)17(31-19(10,2)20(23,24)25)18(28)27-12-6-7-26-15(9-12)32(3,29)30/h4-10,16-17H,1-3H3,(H,26,27,28). The maximum absolute atomic E-state index is 13.8. The molecule has 1 aromatic carbocycles. The molecule has 32 heavy (non-hydrogen) atoms. The second kappa shape index (κ2) is 8.07. The molecule has 0 bridgehead atoms. The monoisotopic (exact) mass is 478 g/mol. The Kier molecular flexibility index (Phi) is 6.07. The summed E-state index contributed by atoms with van der Waals surface area (Å²) in [5, 5.41) is 1.97. The van der Waals surface area contributed by atoms with Gasteiger partial charge in [-0.25, -0.2) is 22.2 Å². The van der Waals surface area contributed by atoms with E-state index in [0.717, 1.165) is 43.6 Å². The van der Waals surface area contributed by atoms with Crippen molar-refractivity contribution in [2.45, 2.75) is 42.7 Å². The van der Waals surface area contributed by atoms with Crippen LogP contribution in [0.3, 0.4) is 0 Å². The summed E-state index contributed by atoms with van der Waals surface area (Å²) in [5.41, 5.74) is -2.83. The lowest BCUT2D eigenvalue weighted by molar-refractivity contribution is -0.272. The molecule has 174 valence electrons. The topological polar surface area (TPSA) is 85.4 Å². The molecule has 1 aromatic heterocycles. The van der Waals surface area contributed by atoms with Crippen molar-refractivity contribution in [2.75, 3.05) is 11.6 Å². The van der Waals surface area contributed by atoms with Gasteiger partial charge in [0.2, 0.25) is 0 Å². The number of amides is 1. The number of benzene rings is 1. The number of ether oxygens (including phenoxy) is 1. The number of carbonyl (C=O) groups is 1. The van der Waals surface area contributed by atoms with Gasteiger partial charge in [0.1, 0.15) is 6.10 Å². The number of anilines is 1. The normalized spacial score (nSPS) is 26.2. The number of nitrogens with one attached hydrogen (secondary N) is 1. The van der Waals surface area contributed by atoms with Crippen molar-refractivity contribution in [1.29, 1.82) is 0 Å². The SMILES string of the molecule is CC1C(c2ccc(F)c(F)c2)C(C(=O)Nc2ccnc(S(C)(=O)=O)c2)OC1(C)C(F)(F)F. The van der Waals surface area contributed by atoms with E-state index in [-0.39, 0.29) is 16.3 Å². The molecule has 0 radical (unpaired) electrons. The number of nitrogens with zero attached hydrogens (tertiary/aromatic N) is 1. The highest BCUT2D eigenvalue weighted by Crippen LogP contribution is 2.53. The van der Waals surface area contributed by atoms with Crippen molar-refractivity contribution in [3.63, 3.8) is 0 Å². The molecule has 0 spiro atoms. The van der Waals surface area contributed by atoms with Crippen LogP contribution in [0.1, 0.15) is 25.3 Å². The van der Waals surface area contributed by atoms with E-state index >= 15 is 0 Å². The summed E-state index contributed by atoms with van der Waals surface area (Å²) in [6.07, 6.45) is -4.58. The summed E-state index contributed by atoms with van der Waals surface area (Å²) < 4.78 is 97.2. The minimum Gasteiger partial charge on any atom is -0.352 e. The zero-order chi connectivity index (χ0) is 24.1. The van der Waals surface area contributed by atoms with Crippen LogP contribution in [0, 0.1) is 17.6 Å². The smallest absolute Gasteiger partial charge is 0.352 e. The first kappa shape index (κ1) is 24.1. The van der Waals surface area contributed by atoms with Crippen LogP contribution >= 0.6 is 0 Å². The van der Waals surface area contributed by atoms with Gasteiger partial charge in [0.15, 0.2) is 32.1 Å². The van der Waals surface area contributed by atoms with Crippen LogP contribution in [-0.4, -0.2) is 43.4 Å². The highest BCUT2D eigenvalue weighted by molar-refractivity contribution is 7.90. The fraction of sp³-hybridized carbons (Fsp3) is 0.400. The molecule has 1 saturated heterocycles. The van der Waals surface area contributed by atoms with Gasteiger partial charge < -0.3 is 10.1 Å². The Hall–Kier alpha value is -2.60. The van der Waals surface area contributed by atoms with Crippen LogP contribution in [0.2, 0.25) is 0 Å². The van der Waals surface area contributed by atoms with E-state index in [0.29, 0.717) is 0 Å². The Morgan fingerprint density at radius 1 is 1.16 bits per heavy atom. The van der Waals surface area contributed by atoms with Gasteiger partial charge in [-0.05, 0) is 36.8 Å². The van der Waals surface area contributed by atoms with Gasteiger partial charge in [0.25, 0.3) is 5.91 Å². The molecule has 12 heteroatoms. The summed E-state index contributed by atoms with van der Waals surface area (Å²) in [6, 6.07) is 4.88. The van der Waals surface area contributed by atoms with E-state index in [2.05, 4.69) is 10.3 Å². The molecular formula is C20H19F5N2O4S. The summed E-state index contributed by atoms with van der Waals surface area (Å²) >= 11 is 0. The zero-order valence-electron chi connectivity index (χ0n) is 17.1. The molecule has 1 amide bonds. The van der Waals surface area contributed by atoms with Crippen LogP contribution < -0.4 is 5.32 Å². The minimum absolute atomic E-state index is 0.0358. The second-order valence-corrected chi connectivity index (χ2v) is 9.74. The Morgan fingerprint density at radius 2 is 1.81 bits per heavy atom. The molecule has 0 aliphatic carbocycles. The predicted octanol–water partition coefficient (Wildman–Crippen LogP) is 3.84. The fourth-order valence-electron chi connectivity index (χ4n) is 3.68. The van der Waals surface area contributed by atoms with Gasteiger partial charge in [-0.1, -0.05) is 13.0 Å². The molecule has 0 saturated carbocycles. The number of carbonyl (C=O) groups excluding carboxylic acids is 1. The molecule has 2 aromatic rings. The van der Waals surface area contributed by atoms with Gasteiger partial charge in [0, 0.05) is 30.0 Å². The summed E-state index contributed by atoms with van der Waals surface area (Å²) in [5.74, 6) is -6.09.